The number of fused-ring (bicyclic) bond motifs is 1. The molecule has 0 saturated carbocycles. The molecule has 180 valence electrons. The number of benzene rings is 2. The molecule has 2 aromatic carbocycles. The Morgan fingerprint density at radius 3 is 2.69 bits per heavy atom. The molecule has 2 amide bonds. The molecule has 2 aliphatic heterocycles. The average Bonchev–Trinajstić information content (AvgIpc) is 3.54. The number of halogens is 1. The molecule has 2 aliphatic rings. The molecule has 12 heteroatoms. The lowest BCUT2D eigenvalue weighted by Gasteiger charge is -2.19. The van der Waals surface area contributed by atoms with Crippen molar-refractivity contribution in [1.82, 2.24) is 15.1 Å². The van der Waals surface area contributed by atoms with Crippen molar-refractivity contribution in [1.29, 1.82) is 0 Å². The molecule has 0 spiro atoms. The molecule has 3 heterocycles. The first-order valence-corrected chi connectivity index (χ1v) is 11.2. The number of rotatable bonds is 7. The second kappa shape index (κ2) is 8.99. The number of hydrogen-bond donors (Lipinski definition) is 0. The Kier molecular flexibility index (Phi) is 5.85. The van der Waals surface area contributed by atoms with Crippen LogP contribution in [0.5, 0.6) is 11.5 Å². The van der Waals surface area contributed by atoms with E-state index in [1.54, 1.807) is 43.5 Å². The minimum absolute atomic E-state index is 0.00729. The van der Waals surface area contributed by atoms with Crippen molar-refractivity contribution in [2.24, 2.45) is 10.3 Å². The summed E-state index contributed by atoms with van der Waals surface area (Å²) in [7, 11) is 1.55. The number of aryl methyl sites for hydroxylation is 1. The van der Waals surface area contributed by atoms with Gasteiger partial charge in [0.25, 0.3) is 11.8 Å². The summed E-state index contributed by atoms with van der Waals surface area (Å²) in [6, 6.07) is 8.47. The van der Waals surface area contributed by atoms with Gasteiger partial charge in [-0.15, -0.1) is 0 Å². The first-order chi connectivity index (χ1) is 16.9. The quantitative estimate of drug-likeness (QED) is 0.454. The largest absolute Gasteiger partial charge is 0.493 e. The van der Waals surface area contributed by atoms with E-state index in [1.165, 1.54) is 5.01 Å². The molecule has 1 aromatic heterocycles. The fourth-order valence-corrected chi connectivity index (χ4v) is 4.16. The topological polar surface area (TPSA) is 123 Å². The molecule has 11 nitrogen and oxygen atoms in total. The zero-order valence-corrected chi connectivity index (χ0v) is 19.9. The Hall–Kier alpha value is -3.99. The number of imide groups is 1. The second-order valence-corrected chi connectivity index (χ2v) is 8.36. The molecular formula is C23H21ClN6O5. The van der Waals surface area contributed by atoms with E-state index in [1.807, 2.05) is 13.8 Å². The zero-order valence-electron chi connectivity index (χ0n) is 19.1. The predicted octanol–water partition coefficient (Wildman–Crippen LogP) is 3.60. The van der Waals surface area contributed by atoms with Crippen LogP contribution in [0.2, 0.25) is 5.02 Å². The summed E-state index contributed by atoms with van der Waals surface area (Å²) in [5.74, 6) is 0.788. The second-order valence-electron chi connectivity index (χ2n) is 7.95. The van der Waals surface area contributed by atoms with Crippen LogP contribution in [0.3, 0.4) is 0 Å². The predicted molar refractivity (Wildman–Crippen MR) is 124 cm³/mol. The standard InChI is InChI=1S/C23H21ClN6O5/c1-4-34-16-8-6-13(9-17(16)33-3)21-25-18(35-27-21)11-29-20-19(26-28-29)22(31)30(23(20)32)14-7-5-12(2)15(24)10-14/h5-10,19-20H,4,11H2,1-3H3/t19-,20-/m0/s1. The maximum absolute atomic E-state index is 13.2. The summed E-state index contributed by atoms with van der Waals surface area (Å²) in [4.78, 5) is 31.6. The number of aromatic nitrogens is 2. The Morgan fingerprint density at radius 1 is 1.11 bits per heavy atom. The highest BCUT2D eigenvalue weighted by Gasteiger charge is 2.55. The Bertz CT molecular complexity index is 1340. The van der Waals surface area contributed by atoms with Crippen molar-refractivity contribution in [2.45, 2.75) is 32.5 Å². The van der Waals surface area contributed by atoms with Crippen molar-refractivity contribution in [2.75, 3.05) is 18.6 Å². The average molecular weight is 497 g/mol. The Balaban J connectivity index is 1.34. The fraction of sp³-hybridized carbons (Fsp3) is 0.304. The van der Waals surface area contributed by atoms with Crippen LogP contribution in [0.4, 0.5) is 5.69 Å². The molecular weight excluding hydrogens is 476 g/mol. The lowest BCUT2D eigenvalue weighted by Crippen LogP contribution is -2.39. The molecule has 35 heavy (non-hydrogen) atoms. The SMILES string of the molecule is CCOc1ccc(-c2noc(CN3N=N[C@@H]4C(=O)N(c5ccc(C)c(Cl)c5)C(=O)[C@H]43)n2)cc1OC. The number of carbonyl (C=O) groups excluding carboxylic acids is 2. The van der Waals surface area contributed by atoms with Crippen LogP contribution in [-0.4, -0.2) is 52.8 Å². The van der Waals surface area contributed by atoms with Gasteiger partial charge < -0.3 is 14.0 Å². The molecule has 5 rings (SSSR count). The van der Waals surface area contributed by atoms with Crippen molar-refractivity contribution < 1.29 is 23.6 Å². The van der Waals surface area contributed by atoms with Crippen molar-refractivity contribution in [3.63, 3.8) is 0 Å². The lowest BCUT2D eigenvalue weighted by molar-refractivity contribution is -0.123. The maximum atomic E-state index is 13.2. The third-order valence-corrected chi connectivity index (χ3v) is 6.17. The number of anilines is 1. The number of ether oxygens (including phenoxy) is 2. The van der Waals surface area contributed by atoms with Gasteiger partial charge in [-0.1, -0.05) is 28.0 Å². The lowest BCUT2D eigenvalue weighted by atomic mass is 10.1. The molecule has 0 unspecified atom stereocenters. The fourth-order valence-electron chi connectivity index (χ4n) is 3.99. The van der Waals surface area contributed by atoms with Gasteiger partial charge in [0.05, 0.1) is 19.4 Å². The van der Waals surface area contributed by atoms with E-state index in [0.717, 1.165) is 10.5 Å². The highest BCUT2D eigenvalue weighted by atomic mass is 35.5. The van der Waals surface area contributed by atoms with Crippen molar-refractivity contribution in [3.8, 4) is 22.9 Å². The van der Waals surface area contributed by atoms with Crippen molar-refractivity contribution >= 4 is 29.1 Å². The van der Waals surface area contributed by atoms with E-state index in [4.69, 9.17) is 25.6 Å². The van der Waals surface area contributed by atoms with Crippen LogP contribution >= 0.6 is 11.6 Å². The smallest absolute Gasteiger partial charge is 0.263 e. The molecule has 2 atom stereocenters. The Labute approximate surface area is 205 Å². The summed E-state index contributed by atoms with van der Waals surface area (Å²) in [5, 5.41) is 13.9. The molecule has 1 saturated heterocycles. The summed E-state index contributed by atoms with van der Waals surface area (Å²) in [5.41, 5.74) is 1.90. The van der Waals surface area contributed by atoms with Gasteiger partial charge in [-0.3, -0.25) is 14.6 Å². The van der Waals surface area contributed by atoms with Gasteiger partial charge in [0.2, 0.25) is 11.7 Å². The van der Waals surface area contributed by atoms with Crippen molar-refractivity contribution in [3.05, 3.63) is 52.9 Å². The minimum Gasteiger partial charge on any atom is -0.493 e. The van der Waals surface area contributed by atoms with Crippen LogP contribution in [0.1, 0.15) is 18.4 Å². The summed E-state index contributed by atoms with van der Waals surface area (Å²) in [6.45, 7) is 4.24. The maximum Gasteiger partial charge on any atom is 0.263 e. The van der Waals surface area contributed by atoms with Crippen LogP contribution in [0.15, 0.2) is 51.3 Å². The third-order valence-electron chi connectivity index (χ3n) is 5.76. The van der Waals surface area contributed by atoms with E-state index >= 15 is 0 Å². The number of methoxy groups -OCH3 is 1. The van der Waals surface area contributed by atoms with Gasteiger partial charge in [-0.05, 0) is 49.7 Å². The first kappa shape index (κ1) is 22.8. The first-order valence-electron chi connectivity index (χ1n) is 10.9. The number of amides is 2. The summed E-state index contributed by atoms with van der Waals surface area (Å²) >= 11 is 6.20. The van der Waals surface area contributed by atoms with E-state index in [-0.39, 0.29) is 12.4 Å². The Morgan fingerprint density at radius 2 is 1.94 bits per heavy atom. The molecule has 0 aliphatic carbocycles. The van der Waals surface area contributed by atoms with Crippen LogP contribution in [-0.2, 0) is 16.1 Å². The molecule has 1 fully saturated rings. The van der Waals surface area contributed by atoms with E-state index in [0.29, 0.717) is 40.2 Å². The van der Waals surface area contributed by atoms with E-state index in [2.05, 4.69) is 20.5 Å². The van der Waals surface area contributed by atoms with Gasteiger partial charge in [-0.2, -0.15) is 10.1 Å². The summed E-state index contributed by atoms with van der Waals surface area (Å²) < 4.78 is 16.3. The third kappa shape index (κ3) is 3.97. The van der Waals surface area contributed by atoms with Gasteiger partial charge in [0, 0.05) is 10.6 Å². The zero-order chi connectivity index (χ0) is 24.7. The normalized spacial score (nSPS) is 19.0. The van der Waals surface area contributed by atoms with E-state index < -0.39 is 23.9 Å². The summed E-state index contributed by atoms with van der Waals surface area (Å²) in [6.07, 6.45) is 0. The number of nitrogens with zero attached hydrogens (tertiary/aromatic N) is 6. The molecule has 0 radical (unpaired) electrons. The number of hydrogen-bond acceptors (Lipinski definition) is 10. The minimum atomic E-state index is -0.944. The highest BCUT2D eigenvalue weighted by molar-refractivity contribution is 6.32. The molecule has 0 bridgehead atoms. The molecule has 3 aromatic rings. The van der Waals surface area contributed by atoms with Gasteiger partial charge in [-0.25, -0.2) is 4.90 Å². The van der Waals surface area contributed by atoms with E-state index in [9.17, 15) is 9.59 Å². The van der Waals surface area contributed by atoms with Gasteiger partial charge in [0.1, 0.15) is 6.54 Å². The number of carbonyl (C=O) groups is 2. The van der Waals surface area contributed by atoms with Crippen LogP contribution in [0.25, 0.3) is 11.4 Å². The van der Waals surface area contributed by atoms with Gasteiger partial charge in [0.15, 0.2) is 23.6 Å². The van der Waals surface area contributed by atoms with Crippen LogP contribution in [0, 0.1) is 6.92 Å². The van der Waals surface area contributed by atoms with Crippen LogP contribution < -0.4 is 14.4 Å². The monoisotopic (exact) mass is 496 g/mol. The highest BCUT2D eigenvalue weighted by Crippen LogP contribution is 2.35. The molecule has 0 N–H and O–H groups in total. The van der Waals surface area contributed by atoms with Gasteiger partial charge >= 0.3 is 0 Å².